The van der Waals surface area contributed by atoms with Crippen molar-refractivity contribution in [2.24, 2.45) is 0 Å². The van der Waals surface area contributed by atoms with E-state index in [1.54, 1.807) is 12.4 Å². The fourth-order valence-corrected chi connectivity index (χ4v) is 1.94. The number of nitrogens with two attached hydrogens (primary N) is 1. The molecule has 8 nitrogen and oxygen atoms in total. The average Bonchev–Trinajstić information content (AvgIpc) is 2.95. The summed E-state index contributed by atoms with van der Waals surface area (Å²) in [5.41, 5.74) is 5.13. The summed E-state index contributed by atoms with van der Waals surface area (Å²) >= 11 is 0. The molecule has 21 heavy (non-hydrogen) atoms. The Balaban J connectivity index is 1.94. The molecular formula is C13H15N5O3. The zero-order valence-electron chi connectivity index (χ0n) is 11.2. The minimum absolute atomic E-state index is 0.0248. The molecule has 1 heterocycles. The molecule has 2 rings (SSSR count). The lowest BCUT2D eigenvalue weighted by Crippen LogP contribution is -2.25. The van der Waals surface area contributed by atoms with E-state index in [0.29, 0.717) is 19.4 Å². The van der Waals surface area contributed by atoms with E-state index in [2.05, 4.69) is 15.3 Å². The number of nitrogen functional groups attached to an aromatic ring is 1. The van der Waals surface area contributed by atoms with Gasteiger partial charge in [-0.3, -0.25) is 14.9 Å². The number of H-pyrrole nitrogens is 1. The lowest BCUT2D eigenvalue weighted by atomic mass is 10.1. The summed E-state index contributed by atoms with van der Waals surface area (Å²) in [6.45, 7) is 0.394. The van der Waals surface area contributed by atoms with Gasteiger partial charge in [0.25, 0.3) is 5.91 Å². The van der Waals surface area contributed by atoms with E-state index in [1.165, 1.54) is 18.2 Å². The molecule has 2 aromatic rings. The van der Waals surface area contributed by atoms with Gasteiger partial charge in [0.05, 0.1) is 4.92 Å². The van der Waals surface area contributed by atoms with Gasteiger partial charge in [0, 0.05) is 25.4 Å². The number of hydrogen-bond acceptors (Lipinski definition) is 5. The van der Waals surface area contributed by atoms with Gasteiger partial charge in [0.2, 0.25) is 0 Å². The molecule has 0 unspecified atom stereocenters. The molecular weight excluding hydrogens is 274 g/mol. The quantitative estimate of drug-likeness (QED) is 0.319. The third kappa shape index (κ3) is 3.56. The van der Waals surface area contributed by atoms with Crippen molar-refractivity contribution in [2.45, 2.75) is 12.8 Å². The molecule has 1 aromatic carbocycles. The fourth-order valence-electron chi connectivity index (χ4n) is 1.94. The maximum absolute atomic E-state index is 12.0. The van der Waals surface area contributed by atoms with E-state index in [0.717, 1.165) is 5.82 Å². The molecule has 8 heteroatoms. The largest absolute Gasteiger partial charge is 0.393 e. The van der Waals surface area contributed by atoms with Crippen molar-refractivity contribution >= 4 is 17.3 Å². The van der Waals surface area contributed by atoms with Crippen LogP contribution in [-0.2, 0) is 6.42 Å². The summed E-state index contributed by atoms with van der Waals surface area (Å²) in [5, 5.41) is 13.6. The number of nitrogens with zero attached hydrogens (tertiary/aromatic N) is 2. The maximum Gasteiger partial charge on any atom is 0.304 e. The molecule has 0 bridgehead atoms. The Bertz CT molecular complexity index is 639. The second-order valence-corrected chi connectivity index (χ2v) is 4.40. The van der Waals surface area contributed by atoms with E-state index < -0.39 is 10.8 Å². The number of nitro benzene ring substituents is 1. The minimum atomic E-state index is -0.646. The number of aryl methyl sites for hydroxylation is 1. The van der Waals surface area contributed by atoms with Gasteiger partial charge in [-0.05, 0) is 18.6 Å². The first-order valence-electron chi connectivity index (χ1n) is 6.39. The highest BCUT2D eigenvalue weighted by Gasteiger charge is 2.22. The zero-order chi connectivity index (χ0) is 15.2. The standard InChI is InChI=1S/C13H15N5O3/c14-10-4-1-3-9(12(10)18(20)21)13(19)17-6-2-5-11-15-7-8-16-11/h1,3-4,7-8H,2,5-6,14H2,(H,15,16)(H,17,19). The van der Waals surface area contributed by atoms with Crippen LogP contribution in [0.5, 0.6) is 0 Å². The third-order valence-electron chi connectivity index (χ3n) is 2.93. The van der Waals surface area contributed by atoms with Gasteiger partial charge in [-0.2, -0.15) is 0 Å². The Morgan fingerprint density at radius 3 is 2.95 bits per heavy atom. The highest BCUT2D eigenvalue weighted by atomic mass is 16.6. The molecule has 0 saturated heterocycles. The van der Waals surface area contributed by atoms with Crippen LogP contribution in [0, 0.1) is 10.1 Å². The molecule has 1 amide bonds. The van der Waals surface area contributed by atoms with Crippen molar-refractivity contribution in [1.29, 1.82) is 0 Å². The van der Waals surface area contributed by atoms with Gasteiger partial charge in [0.15, 0.2) is 0 Å². The summed E-state index contributed by atoms with van der Waals surface area (Å²) in [4.78, 5) is 29.3. The molecule has 110 valence electrons. The van der Waals surface area contributed by atoms with Gasteiger partial charge in [0.1, 0.15) is 17.1 Å². The molecule has 0 spiro atoms. The lowest BCUT2D eigenvalue weighted by molar-refractivity contribution is -0.384. The van der Waals surface area contributed by atoms with E-state index >= 15 is 0 Å². The van der Waals surface area contributed by atoms with Crippen molar-refractivity contribution in [2.75, 3.05) is 12.3 Å². The Kier molecular flexibility index (Phi) is 4.50. The average molecular weight is 289 g/mol. The molecule has 0 atom stereocenters. The van der Waals surface area contributed by atoms with Crippen molar-refractivity contribution in [3.8, 4) is 0 Å². The number of benzene rings is 1. The van der Waals surface area contributed by atoms with Crippen LogP contribution in [0.15, 0.2) is 30.6 Å². The van der Waals surface area contributed by atoms with Crippen LogP contribution >= 0.6 is 0 Å². The number of hydrogen-bond donors (Lipinski definition) is 3. The van der Waals surface area contributed by atoms with E-state index in [9.17, 15) is 14.9 Å². The van der Waals surface area contributed by atoms with Crippen molar-refractivity contribution in [3.63, 3.8) is 0 Å². The molecule has 4 N–H and O–H groups in total. The van der Waals surface area contributed by atoms with E-state index in [4.69, 9.17) is 5.73 Å². The Morgan fingerprint density at radius 1 is 1.48 bits per heavy atom. The predicted molar refractivity (Wildman–Crippen MR) is 76.8 cm³/mol. The van der Waals surface area contributed by atoms with Crippen LogP contribution in [0.2, 0.25) is 0 Å². The molecule has 0 aliphatic rings. The highest BCUT2D eigenvalue weighted by molar-refractivity contribution is 6.00. The Morgan fingerprint density at radius 2 is 2.29 bits per heavy atom. The number of nitro groups is 1. The molecule has 0 fully saturated rings. The highest BCUT2D eigenvalue weighted by Crippen LogP contribution is 2.25. The monoisotopic (exact) mass is 289 g/mol. The smallest absolute Gasteiger partial charge is 0.304 e. The molecule has 0 aliphatic carbocycles. The number of carbonyl (C=O) groups excluding carboxylic acids is 1. The van der Waals surface area contributed by atoms with Crippen LogP contribution in [0.4, 0.5) is 11.4 Å². The number of aromatic nitrogens is 2. The van der Waals surface area contributed by atoms with Gasteiger partial charge in [-0.15, -0.1) is 0 Å². The normalized spacial score (nSPS) is 10.3. The van der Waals surface area contributed by atoms with Crippen LogP contribution in [-0.4, -0.2) is 27.3 Å². The summed E-state index contributed by atoms with van der Waals surface area (Å²) in [7, 11) is 0. The number of amides is 1. The number of imidazole rings is 1. The first-order valence-corrected chi connectivity index (χ1v) is 6.39. The van der Waals surface area contributed by atoms with E-state index in [-0.39, 0.29) is 16.9 Å². The molecule has 0 saturated carbocycles. The maximum atomic E-state index is 12.0. The Hall–Kier alpha value is -2.90. The molecule has 1 aromatic heterocycles. The number of nitrogens with one attached hydrogen (secondary N) is 2. The SMILES string of the molecule is Nc1cccc(C(=O)NCCCc2ncc[nH]2)c1[N+](=O)[O-]. The first kappa shape index (κ1) is 14.5. The second-order valence-electron chi connectivity index (χ2n) is 4.40. The van der Waals surface area contributed by atoms with Crippen LogP contribution < -0.4 is 11.1 Å². The summed E-state index contributed by atoms with van der Waals surface area (Å²) in [6.07, 6.45) is 4.75. The molecule has 0 radical (unpaired) electrons. The minimum Gasteiger partial charge on any atom is -0.393 e. The van der Waals surface area contributed by atoms with Gasteiger partial charge in [-0.25, -0.2) is 4.98 Å². The topological polar surface area (TPSA) is 127 Å². The number of carbonyl (C=O) groups is 1. The van der Waals surface area contributed by atoms with Crippen LogP contribution in [0.1, 0.15) is 22.6 Å². The van der Waals surface area contributed by atoms with Crippen LogP contribution in [0.3, 0.4) is 0 Å². The Labute approximate surface area is 120 Å². The first-order chi connectivity index (χ1) is 10.1. The van der Waals surface area contributed by atoms with E-state index in [1.807, 2.05) is 0 Å². The zero-order valence-corrected chi connectivity index (χ0v) is 11.2. The summed E-state index contributed by atoms with van der Waals surface area (Å²) in [5.74, 6) is 0.327. The summed E-state index contributed by atoms with van der Waals surface area (Å²) in [6, 6.07) is 4.29. The van der Waals surface area contributed by atoms with Gasteiger partial charge >= 0.3 is 5.69 Å². The number of anilines is 1. The number of rotatable bonds is 6. The third-order valence-corrected chi connectivity index (χ3v) is 2.93. The predicted octanol–water partition coefficient (Wildman–Crippen LogP) is 1.26. The van der Waals surface area contributed by atoms with Crippen LogP contribution in [0.25, 0.3) is 0 Å². The van der Waals surface area contributed by atoms with Crippen molar-refractivity contribution in [3.05, 3.63) is 52.1 Å². The van der Waals surface area contributed by atoms with Crippen molar-refractivity contribution in [1.82, 2.24) is 15.3 Å². The number of para-hydroxylation sites is 1. The molecule has 0 aliphatic heterocycles. The lowest BCUT2D eigenvalue weighted by Gasteiger charge is -2.06. The van der Waals surface area contributed by atoms with Gasteiger partial charge < -0.3 is 16.0 Å². The number of aromatic amines is 1. The fraction of sp³-hybridized carbons (Fsp3) is 0.231. The second kappa shape index (κ2) is 6.51. The van der Waals surface area contributed by atoms with Gasteiger partial charge in [-0.1, -0.05) is 6.07 Å². The summed E-state index contributed by atoms with van der Waals surface area (Å²) < 4.78 is 0. The van der Waals surface area contributed by atoms with Crippen molar-refractivity contribution < 1.29 is 9.72 Å².